The van der Waals surface area contributed by atoms with Crippen LogP contribution >= 0.6 is 23.1 Å². The van der Waals surface area contributed by atoms with Gasteiger partial charge < -0.3 is 10.6 Å². The van der Waals surface area contributed by atoms with Gasteiger partial charge in [0.2, 0.25) is 15.9 Å². The van der Waals surface area contributed by atoms with E-state index in [4.69, 9.17) is 0 Å². The molecule has 2 aromatic rings. The van der Waals surface area contributed by atoms with Gasteiger partial charge in [0.1, 0.15) is 9.77 Å². The van der Waals surface area contributed by atoms with Crippen molar-refractivity contribution in [2.45, 2.75) is 31.2 Å². The molecule has 0 aliphatic carbocycles. The predicted molar refractivity (Wildman–Crippen MR) is 122 cm³/mol. The van der Waals surface area contributed by atoms with Gasteiger partial charge in [0.25, 0.3) is 5.91 Å². The predicted octanol–water partition coefficient (Wildman–Crippen LogP) is 3.33. The fourth-order valence-corrected chi connectivity index (χ4v) is 6.92. The average molecular weight is 468 g/mol. The maximum Gasteiger partial charge on any atom is 0.263 e. The van der Waals surface area contributed by atoms with Crippen molar-refractivity contribution >= 4 is 50.6 Å². The lowest BCUT2D eigenvalue weighted by Gasteiger charge is -2.25. The largest absolute Gasteiger partial charge is 0.345 e. The molecule has 2 heterocycles. The molecule has 3 rings (SSSR count). The zero-order valence-corrected chi connectivity index (χ0v) is 19.3. The molecule has 1 aliphatic heterocycles. The molecule has 1 atom stereocenters. The van der Waals surface area contributed by atoms with E-state index in [1.807, 2.05) is 19.1 Å². The summed E-state index contributed by atoms with van der Waals surface area (Å²) in [5, 5.41) is 7.30. The summed E-state index contributed by atoms with van der Waals surface area (Å²) < 4.78 is 27.4. The third-order valence-electron chi connectivity index (χ3n) is 4.79. The molecule has 0 saturated carbocycles. The van der Waals surface area contributed by atoms with Crippen LogP contribution in [0.25, 0.3) is 0 Å². The van der Waals surface area contributed by atoms with Gasteiger partial charge in [0.15, 0.2) is 0 Å². The molecule has 2 N–H and O–H groups in total. The van der Waals surface area contributed by atoms with Crippen molar-refractivity contribution in [3.05, 3.63) is 46.2 Å². The molecule has 1 aromatic carbocycles. The van der Waals surface area contributed by atoms with Crippen LogP contribution in [0, 0.1) is 0 Å². The molecule has 0 radical (unpaired) electrons. The summed E-state index contributed by atoms with van der Waals surface area (Å²) in [6.45, 7) is 4.54. The van der Waals surface area contributed by atoms with Crippen LogP contribution in [0.4, 0.5) is 5.69 Å². The smallest absolute Gasteiger partial charge is 0.263 e. The third kappa shape index (κ3) is 5.23. The normalized spacial score (nSPS) is 16.1. The number of thiophene rings is 1. The molecule has 0 spiro atoms. The van der Waals surface area contributed by atoms with Gasteiger partial charge in [-0.25, -0.2) is 8.42 Å². The highest BCUT2D eigenvalue weighted by molar-refractivity contribution is 7.99. The van der Waals surface area contributed by atoms with Gasteiger partial charge in [-0.3, -0.25) is 9.59 Å². The number of carbonyl (C=O) groups excluding carboxylic acids is 2. The van der Waals surface area contributed by atoms with Crippen molar-refractivity contribution in [2.75, 3.05) is 29.9 Å². The molecule has 162 valence electrons. The van der Waals surface area contributed by atoms with Crippen molar-refractivity contribution < 1.29 is 18.0 Å². The number of amides is 2. The second-order valence-corrected chi connectivity index (χ2v) is 10.9. The van der Waals surface area contributed by atoms with Crippen molar-refractivity contribution in [2.24, 2.45) is 0 Å². The van der Waals surface area contributed by atoms with E-state index in [9.17, 15) is 18.0 Å². The SMILES string of the molecule is CCC(=O)Nc1ccc(C(C)NC(=O)c2sccc2S(=O)(=O)N2CCSCC2)cc1. The number of hydrogen-bond acceptors (Lipinski definition) is 6. The van der Waals surface area contributed by atoms with Gasteiger partial charge in [-0.15, -0.1) is 11.3 Å². The summed E-state index contributed by atoms with van der Waals surface area (Å²) in [5.74, 6) is 1.04. The highest BCUT2D eigenvalue weighted by Gasteiger charge is 2.31. The van der Waals surface area contributed by atoms with E-state index < -0.39 is 15.9 Å². The molecule has 10 heteroatoms. The average Bonchev–Trinajstić information content (AvgIpc) is 3.26. The first-order chi connectivity index (χ1) is 14.3. The lowest BCUT2D eigenvalue weighted by Crippen LogP contribution is -2.38. The second-order valence-electron chi connectivity index (χ2n) is 6.85. The maximum atomic E-state index is 13.0. The van der Waals surface area contributed by atoms with E-state index >= 15 is 0 Å². The fourth-order valence-electron chi connectivity index (χ4n) is 3.04. The van der Waals surface area contributed by atoms with Crippen molar-refractivity contribution in [1.82, 2.24) is 9.62 Å². The van der Waals surface area contributed by atoms with Gasteiger partial charge in [0.05, 0.1) is 6.04 Å². The highest BCUT2D eigenvalue weighted by atomic mass is 32.2. The maximum absolute atomic E-state index is 13.0. The molecular weight excluding hydrogens is 442 g/mol. The lowest BCUT2D eigenvalue weighted by molar-refractivity contribution is -0.115. The second kappa shape index (κ2) is 9.95. The Hall–Kier alpha value is -1.88. The summed E-state index contributed by atoms with van der Waals surface area (Å²) >= 11 is 2.85. The number of nitrogens with zero attached hydrogens (tertiary/aromatic N) is 1. The van der Waals surface area contributed by atoms with Gasteiger partial charge in [-0.05, 0) is 36.1 Å². The molecule has 2 amide bonds. The van der Waals surface area contributed by atoms with Crippen molar-refractivity contribution in [3.8, 4) is 0 Å². The summed E-state index contributed by atoms with van der Waals surface area (Å²) in [6.07, 6.45) is 0.399. The first-order valence-corrected chi connectivity index (χ1v) is 13.2. The van der Waals surface area contributed by atoms with Crippen molar-refractivity contribution in [3.63, 3.8) is 0 Å². The number of carbonyl (C=O) groups is 2. The Morgan fingerprint density at radius 2 is 1.80 bits per heavy atom. The van der Waals surface area contributed by atoms with Gasteiger partial charge in [0, 0.05) is 36.7 Å². The lowest BCUT2D eigenvalue weighted by atomic mass is 10.1. The van der Waals surface area contributed by atoms with Crippen LogP contribution in [0.1, 0.15) is 41.5 Å². The number of hydrogen-bond donors (Lipinski definition) is 2. The fraction of sp³-hybridized carbons (Fsp3) is 0.400. The van der Waals surface area contributed by atoms with Crippen LogP contribution in [0.2, 0.25) is 0 Å². The topological polar surface area (TPSA) is 95.6 Å². The minimum Gasteiger partial charge on any atom is -0.345 e. The Bertz CT molecular complexity index is 997. The Morgan fingerprint density at radius 1 is 1.13 bits per heavy atom. The Balaban J connectivity index is 1.71. The highest BCUT2D eigenvalue weighted by Crippen LogP contribution is 2.28. The summed E-state index contributed by atoms with van der Waals surface area (Å²) in [4.78, 5) is 24.6. The molecule has 7 nitrogen and oxygen atoms in total. The zero-order chi connectivity index (χ0) is 21.7. The Labute approximate surface area is 185 Å². The molecule has 1 aromatic heterocycles. The minimum absolute atomic E-state index is 0.0668. The Morgan fingerprint density at radius 3 is 2.43 bits per heavy atom. The summed E-state index contributed by atoms with van der Waals surface area (Å²) in [6, 6.07) is 8.40. The van der Waals surface area contributed by atoms with E-state index in [0.29, 0.717) is 25.2 Å². The number of benzene rings is 1. The molecule has 1 saturated heterocycles. The summed E-state index contributed by atoms with van der Waals surface area (Å²) in [7, 11) is -3.69. The van der Waals surface area contributed by atoms with Crippen LogP contribution in [0.3, 0.4) is 0 Å². The van der Waals surface area contributed by atoms with Gasteiger partial charge in [-0.1, -0.05) is 19.1 Å². The van der Waals surface area contributed by atoms with E-state index in [0.717, 1.165) is 28.4 Å². The minimum atomic E-state index is -3.69. The number of nitrogens with one attached hydrogen (secondary N) is 2. The molecule has 1 fully saturated rings. The van der Waals surface area contributed by atoms with Crippen LogP contribution < -0.4 is 10.6 Å². The molecule has 30 heavy (non-hydrogen) atoms. The molecule has 1 unspecified atom stereocenters. The zero-order valence-electron chi connectivity index (χ0n) is 16.9. The van der Waals surface area contributed by atoms with E-state index in [1.54, 1.807) is 36.2 Å². The number of anilines is 1. The summed E-state index contributed by atoms with van der Waals surface area (Å²) in [5.41, 5.74) is 1.54. The van der Waals surface area contributed by atoms with Gasteiger partial charge in [-0.2, -0.15) is 16.1 Å². The first kappa shape index (κ1) is 22.8. The molecular formula is C20H25N3O4S3. The Kier molecular flexibility index (Phi) is 7.56. The standard InChI is InChI=1S/C20H25N3O4S3/c1-3-18(24)22-16-6-4-15(5-7-16)14(2)21-20(25)19-17(8-11-29-19)30(26,27)23-9-12-28-13-10-23/h4-8,11,14H,3,9-10,12-13H2,1-2H3,(H,21,25)(H,22,24). The van der Waals surface area contributed by atoms with Crippen LogP contribution in [-0.2, 0) is 14.8 Å². The van der Waals surface area contributed by atoms with E-state index in [2.05, 4.69) is 10.6 Å². The first-order valence-electron chi connectivity index (χ1n) is 9.69. The number of sulfonamides is 1. The van der Waals surface area contributed by atoms with Gasteiger partial charge >= 0.3 is 0 Å². The number of rotatable bonds is 7. The third-order valence-corrected chi connectivity index (χ3v) is 8.71. The molecule has 1 aliphatic rings. The molecule has 0 bridgehead atoms. The monoisotopic (exact) mass is 467 g/mol. The van der Waals surface area contributed by atoms with E-state index in [1.165, 1.54) is 10.4 Å². The van der Waals surface area contributed by atoms with Crippen LogP contribution in [0.5, 0.6) is 0 Å². The van der Waals surface area contributed by atoms with Crippen LogP contribution in [-0.4, -0.2) is 49.1 Å². The number of thioether (sulfide) groups is 1. The van der Waals surface area contributed by atoms with Crippen LogP contribution in [0.15, 0.2) is 40.6 Å². The van der Waals surface area contributed by atoms with Crippen molar-refractivity contribution in [1.29, 1.82) is 0 Å². The van der Waals surface area contributed by atoms with E-state index in [-0.39, 0.29) is 21.7 Å². The quantitative estimate of drug-likeness (QED) is 0.651.